The van der Waals surface area contributed by atoms with E-state index in [2.05, 4.69) is 15.5 Å². The van der Waals surface area contributed by atoms with Crippen LogP contribution in [0.1, 0.15) is 24.7 Å². The molecule has 1 saturated heterocycles. The molecule has 0 radical (unpaired) electrons. The third kappa shape index (κ3) is 4.68. The summed E-state index contributed by atoms with van der Waals surface area (Å²) in [6.07, 6.45) is 1.42. The first-order valence-electron chi connectivity index (χ1n) is 9.55. The van der Waals surface area contributed by atoms with Crippen molar-refractivity contribution >= 4 is 11.6 Å². The van der Waals surface area contributed by atoms with Gasteiger partial charge in [0, 0.05) is 17.5 Å². The number of halogens is 3. The van der Waals surface area contributed by atoms with Crippen molar-refractivity contribution in [2.24, 2.45) is 0 Å². The Kier molecular flexibility index (Phi) is 5.80. The zero-order chi connectivity index (χ0) is 21.1. The average molecular weight is 416 g/mol. The van der Waals surface area contributed by atoms with Gasteiger partial charge in [0.2, 0.25) is 17.6 Å². The zero-order valence-corrected chi connectivity index (χ0v) is 15.9. The predicted octanol–water partition coefficient (Wildman–Crippen LogP) is 3.97. The number of nitrogens with one attached hydrogen (secondary N) is 1. The van der Waals surface area contributed by atoms with Crippen LogP contribution in [0.2, 0.25) is 0 Å². The lowest BCUT2D eigenvalue weighted by atomic mass is 9.97. The van der Waals surface area contributed by atoms with E-state index in [0.717, 1.165) is 12.1 Å². The maximum absolute atomic E-state index is 13.7. The normalized spacial score (nSPS) is 15.3. The molecule has 0 atom stereocenters. The number of carbonyl (C=O) groups is 1. The average Bonchev–Trinajstić information content (AvgIpc) is 3.21. The van der Waals surface area contributed by atoms with Crippen LogP contribution in [0, 0.1) is 17.5 Å². The number of rotatable bonds is 5. The van der Waals surface area contributed by atoms with Crippen LogP contribution in [0.5, 0.6) is 0 Å². The van der Waals surface area contributed by atoms with Gasteiger partial charge < -0.3 is 9.84 Å². The Labute approximate surface area is 170 Å². The summed E-state index contributed by atoms with van der Waals surface area (Å²) >= 11 is 0. The Bertz CT molecular complexity index is 1050. The quantitative estimate of drug-likeness (QED) is 0.682. The third-order valence-corrected chi connectivity index (χ3v) is 5.03. The first-order chi connectivity index (χ1) is 14.5. The highest BCUT2D eigenvalue weighted by Gasteiger charge is 2.26. The van der Waals surface area contributed by atoms with Crippen molar-refractivity contribution in [3.63, 3.8) is 0 Å². The molecule has 2 aromatic carbocycles. The summed E-state index contributed by atoms with van der Waals surface area (Å²) in [6.45, 7) is 1.35. The number of likely N-dealkylation sites (tertiary alicyclic amines) is 1. The van der Waals surface area contributed by atoms with Crippen molar-refractivity contribution in [1.82, 2.24) is 15.0 Å². The van der Waals surface area contributed by atoms with Gasteiger partial charge in [0.1, 0.15) is 17.5 Å². The van der Waals surface area contributed by atoms with Gasteiger partial charge in [-0.2, -0.15) is 4.98 Å². The Hall–Kier alpha value is -3.20. The fourth-order valence-electron chi connectivity index (χ4n) is 3.47. The van der Waals surface area contributed by atoms with Gasteiger partial charge in [-0.3, -0.25) is 9.69 Å². The highest BCUT2D eigenvalue weighted by Crippen LogP contribution is 2.28. The summed E-state index contributed by atoms with van der Waals surface area (Å²) in [5.41, 5.74) is 0.499. The van der Waals surface area contributed by atoms with Crippen molar-refractivity contribution < 1.29 is 22.5 Å². The molecular formula is C21H19F3N4O2. The topological polar surface area (TPSA) is 71.3 Å². The second kappa shape index (κ2) is 8.66. The number of benzene rings is 2. The lowest BCUT2D eigenvalue weighted by molar-refractivity contribution is -0.117. The van der Waals surface area contributed by atoms with Crippen LogP contribution in [-0.4, -0.2) is 40.6 Å². The number of piperidine rings is 1. The fourth-order valence-corrected chi connectivity index (χ4v) is 3.47. The summed E-state index contributed by atoms with van der Waals surface area (Å²) in [5.74, 6) is -1.37. The SMILES string of the molecule is O=C(CN1CCC(c2nc(-c3cccc(F)c3)no2)CC1)Nc1ccc(F)cc1F. The molecule has 1 fully saturated rings. The molecule has 0 bridgehead atoms. The molecule has 6 nitrogen and oxygen atoms in total. The number of carbonyl (C=O) groups excluding carboxylic acids is 1. The third-order valence-electron chi connectivity index (χ3n) is 5.03. The molecule has 1 aliphatic rings. The van der Waals surface area contributed by atoms with Gasteiger partial charge in [0.15, 0.2) is 0 Å². The number of nitrogens with zero attached hydrogens (tertiary/aromatic N) is 3. The lowest BCUT2D eigenvalue weighted by Gasteiger charge is -2.29. The van der Waals surface area contributed by atoms with Gasteiger partial charge in [-0.05, 0) is 50.2 Å². The van der Waals surface area contributed by atoms with E-state index in [4.69, 9.17) is 4.52 Å². The molecule has 9 heteroatoms. The van der Waals surface area contributed by atoms with Crippen molar-refractivity contribution in [2.45, 2.75) is 18.8 Å². The van der Waals surface area contributed by atoms with E-state index in [-0.39, 0.29) is 29.9 Å². The summed E-state index contributed by atoms with van der Waals surface area (Å²) in [6, 6.07) is 9.00. The summed E-state index contributed by atoms with van der Waals surface area (Å²) in [5, 5.41) is 6.40. The van der Waals surface area contributed by atoms with E-state index in [1.54, 1.807) is 12.1 Å². The highest BCUT2D eigenvalue weighted by molar-refractivity contribution is 5.92. The van der Waals surface area contributed by atoms with Crippen LogP contribution in [0.15, 0.2) is 47.0 Å². The minimum Gasteiger partial charge on any atom is -0.339 e. The van der Waals surface area contributed by atoms with Gasteiger partial charge in [0.25, 0.3) is 0 Å². The van der Waals surface area contributed by atoms with Crippen molar-refractivity contribution in [1.29, 1.82) is 0 Å². The van der Waals surface area contributed by atoms with Gasteiger partial charge in [-0.15, -0.1) is 0 Å². The lowest BCUT2D eigenvalue weighted by Crippen LogP contribution is -2.38. The number of hydrogen-bond acceptors (Lipinski definition) is 5. The minimum atomic E-state index is -0.812. The highest BCUT2D eigenvalue weighted by atomic mass is 19.1. The predicted molar refractivity (Wildman–Crippen MR) is 103 cm³/mol. The van der Waals surface area contributed by atoms with Crippen molar-refractivity contribution in [3.05, 3.63) is 65.8 Å². The van der Waals surface area contributed by atoms with E-state index in [1.165, 1.54) is 18.2 Å². The van der Waals surface area contributed by atoms with E-state index in [9.17, 15) is 18.0 Å². The van der Waals surface area contributed by atoms with Gasteiger partial charge in [-0.25, -0.2) is 13.2 Å². The molecule has 0 saturated carbocycles. The molecule has 30 heavy (non-hydrogen) atoms. The second-order valence-electron chi connectivity index (χ2n) is 7.19. The molecule has 1 aromatic heterocycles. The smallest absolute Gasteiger partial charge is 0.238 e. The van der Waals surface area contributed by atoms with E-state index in [1.807, 2.05) is 4.90 Å². The largest absolute Gasteiger partial charge is 0.339 e. The fraction of sp³-hybridized carbons (Fsp3) is 0.286. The molecule has 1 N–H and O–H groups in total. The van der Waals surface area contributed by atoms with Crippen molar-refractivity contribution in [3.8, 4) is 11.4 Å². The molecule has 3 aromatic rings. The van der Waals surface area contributed by atoms with Crippen LogP contribution in [0.4, 0.5) is 18.9 Å². The van der Waals surface area contributed by atoms with Crippen LogP contribution in [0.25, 0.3) is 11.4 Å². The molecule has 1 aliphatic heterocycles. The molecule has 156 valence electrons. The van der Waals surface area contributed by atoms with Crippen LogP contribution < -0.4 is 5.32 Å². The molecular weight excluding hydrogens is 397 g/mol. The molecule has 0 aliphatic carbocycles. The molecule has 2 heterocycles. The minimum absolute atomic E-state index is 0.0491. The van der Waals surface area contributed by atoms with Gasteiger partial charge in [-0.1, -0.05) is 17.3 Å². The first kappa shape index (κ1) is 20.1. The molecule has 1 amide bonds. The molecule has 0 unspecified atom stereocenters. The van der Waals surface area contributed by atoms with Crippen LogP contribution in [-0.2, 0) is 4.79 Å². The molecule has 4 rings (SSSR count). The Morgan fingerprint density at radius 3 is 2.60 bits per heavy atom. The Morgan fingerprint density at radius 1 is 1.10 bits per heavy atom. The maximum Gasteiger partial charge on any atom is 0.238 e. The Morgan fingerprint density at radius 2 is 1.87 bits per heavy atom. The van der Waals surface area contributed by atoms with E-state index < -0.39 is 11.6 Å². The second-order valence-corrected chi connectivity index (χ2v) is 7.19. The summed E-state index contributed by atoms with van der Waals surface area (Å²) in [4.78, 5) is 18.5. The monoisotopic (exact) mass is 416 g/mol. The number of anilines is 1. The summed E-state index contributed by atoms with van der Waals surface area (Å²) < 4.78 is 45.4. The van der Waals surface area contributed by atoms with Gasteiger partial charge >= 0.3 is 0 Å². The Balaban J connectivity index is 1.30. The summed E-state index contributed by atoms with van der Waals surface area (Å²) in [7, 11) is 0. The van der Waals surface area contributed by atoms with Crippen molar-refractivity contribution in [2.75, 3.05) is 25.0 Å². The zero-order valence-electron chi connectivity index (χ0n) is 15.9. The van der Waals surface area contributed by atoms with E-state index >= 15 is 0 Å². The number of aromatic nitrogens is 2. The number of hydrogen-bond donors (Lipinski definition) is 1. The maximum atomic E-state index is 13.7. The van der Waals surface area contributed by atoms with Crippen LogP contribution >= 0.6 is 0 Å². The van der Waals surface area contributed by atoms with Crippen LogP contribution in [0.3, 0.4) is 0 Å². The van der Waals surface area contributed by atoms with Gasteiger partial charge in [0.05, 0.1) is 12.2 Å². The van der Waals surface area contributed by atoms with E-state index in [0.29, 0.717) is 43.2 Å². The molecule has 0 spiro atoms. The standard InChI is InChI=1S/C21H19F3N4O2/c22-15-3-1-2-14(10-15)20-26-21(30-27-20)13-6-8-28(9-7-13)12-19(29)25-18-5-4-16(23)11-17(18)24/h1-5,10-11,13H,6-9,12H2,(H,25,29). The first-order valence-corrected chi connectivity index (χ1v) is 9.55. The number of amides is 1.